The molecule has 9 aromatic rings. The fourth-order valence-electron chi connectivity index (χ4n) is 9.39. The van der Waals surface area contributed by atoms with Gasteiger partial charge in [-0.2, -0.15) is 23.5 Å². The maximum absolute atomic E-state index is 13.3. The Kier molecular flexibility index (Phi) is 21.1. The van der Waals surface area contributed by atoms with Gasteiger partial charge in [-0.1, -0.05) is 113 Å². The van der Waals surface area contributed by atoms with Gasteiger partial charge in [0, 0.05) is 96.5 Å². The summed E-state index contributed by atoms with van der Waals surface area (Å²) in [4.78, 5) is 54.8. The van der Waals surface area contributed by atoms with Crippen molar-refractivity contribution in [2.45, 2.75) is 78.1 Å². The number of carbonyl (C=O) groups excluding carboxylic acids is 2. The third-order valence-electron chi connectivity index (χ3n) is 13.6. The van der Waals surface area contributed by atoms with E-state index in [1.165, 1.54) is 101 Å². The first-order valence-corrected chi connectivity index (χ1v) is 39.0. The Hall–Kier alpha value is -3.20. The second-order valence-corrected chi connectivity index (χ2v) is 33.2. The Labute approximate surface area is 539 Å². The first kappa shape index (κ1) is 60.5. The van der Waals surface area contributed by atoms with Crippen LogP contribution in [0.2, 0.25) is 0 Å². The molecule has 2 amide bonds. The third kappa shape index (κ3) is 13.8. The normalized spacial score (nSPS) is 15.0. The molecule has 0 aliphatic carbocycles. The minimum Gasteiger partial charge on any atom is -0.491 e. The molecule has 0 saturated carbocycles. The Morgan fingerprint density at radius 1 is 0.488 bits per heavy atom. The number of fused-ring (bicyclic) bond motifs is 2. The van der Waals surface area contributed by atoms with E-state index in [1.807, 2.05) is 24.5 Å². The van der Waals surface area contributed by atoms with E-state index in [0.717, 1.165) is 98.4 Å². The molecule has 0 atom stereocenters. The lowest BCUT2D eigenvalue weighted by Gasteiger charge is -2.13. The predicted octanol–water partition coefficient (Wildman–Crippen LogP) is 21.1. The molecule has 0 spiro atoms. The van der Waals surface area contributed by atoms with Crippen molar-refractivity contribution < 1.29 is 19.1 Å². The minimum absolute atomic E-state index is 0.00591. The summed E-state index contributed by atoms with van der Waals surface area (Å²) in [5, 5.41) is 4.05. The zero-order chi connectivity index (χ0) is 56.7. The van der Waals surface area contributed by atoms with Crippen molar-refractivity contribution in [1.82, 2.24) is 19.8 Å². The van der Waals surface area contributed by atoms with Gasteiger partial charge in [-0.3, -0.25) is 19.4 Å². The van der Waals surface area contributed by atoms with Gasteiger partial charge in [-0.25, -0.2) is 9.97 Å². The zero-order valence-electron chi connectivity index (χ0n) is 45.5. The topological polar surface area (TPSA) is 84.9 Å². The number of hydrogen-bond donors (Lipinski definition) is 0. The fourth-order valence-corrected chi connectivity index (χ4v) is 21.2. The number of unbranched alkanes of at least 4 members (excludes halogenated alkanes) is 8. The molecule has 22 heteroatoms. The van der Waals surface area contributed by atoms with E-state index < -0.39 is 0 Å². The van der Waals surface area contributed by atoms with Gasteiger partial charge in [-0.05, 0) is 98.2 Å². The van der Waals surface area contributed by atoms with E-state index in [0.29, 0.717) is 44.8 Å². The van der Waals surface area contributed by atoms with Crippen molar-refractivity contribution >= 4 is 215 Å². The van der Waals surface area contributed by atoms with Crippen molar-refractivity contribution in [2.24, 2.45) is 0 Å². The lowest BCUT2D eigenvalue weighted by Crippen LogP contribution is -2.28. The molecular weight excluding hydrogens is 1290 g/mol. The third-order valence-corrected chi connectivity index (χ3v) is 27.1. The summed E-state index contributed by atoms with van der Waals surface area (Å²) in [6.07, 6.45) is 23.3. The Bertz CT molecular complexity index is 3520. The van der Waals surface area contributed by atoms with Crippen molar-refractivity contribution in [2.75, 3.05) is 50.3 Å². The minimum atomic E-state index is 0.00591. The van der Waals surface area contributed by atoms with Crippen LogP contribution in [0.15, 0.2) is 82.9 Å². The summed E-state index contributed by atoms with van der Waals surface area (Å²) >= 11 is 31.5. The highest BCUT2D eigenvalue weighted by Crippen LogP contribution is 2.55. The highest BCUT2D eigenvalue weighted by atomic mass is 32.2. The summed E-state index contributed by atoms with van der Waals surface area (Å²) in [5.74, 6) is 3.63. The molecule has 10 heterocycles. The highest BCUT2D eigenvalue weighted by molar-refractivity contribution is 8.27. The standard InChI is InChI=1S/C60H58N4O4S14/c1-5-7-9-11-13-23-63-57(65)49(81-59(63)69)29-35-33-61-55(73-35)45-21-19-41(77-45)39-15-17-43(75-39)47-31-37-51(67-25-27-71-3)54-38(52(53(37)79-47)68-26-28-72-4)32-48(80-54)44-18-16-40(76-44)42-20-22-46(78-42)56-62-34-36(74-56)30-50-58(66)64(60(70)82-50)24-14-12-10-8-6-2/h15-22,29-34H,5-14,23-28H2,1-4H3/b49-29-,50-30-. The molecule has 8 nitrogen and oxygen atoms in total. The van der Waals surface area contributed by atoms with Crippen molar-refractivity contribution in [1.29, 1.82) is 0 Å². The number of aromatic nitrogens is 2. The van der Waals surface area contributed by atoms with Crippen LogP contribution in [0.3, 0.4) is 0 Å². The van der Waals surface area contributed by atoms with E-state index >= 15 is 0 Å². The quantitative estimate of drug-likeness (QED) is 0.0266. The largest absolute Gasteiger partial charge is 0.491 e. The Morgan fingerprint density at radius 3 is 1.24 bits per heavy atom. The molecule has 0 bridgehead atoms. The average molecular weight is 1350 g/mol. The van der Waals surface area contributed by atoms with Crippen LogP contribution < -0.4 is 9.47 Å². The van der Waals surface area contributed by atoms with E-state index in [2.05, 4.69) is 87.0 Å². The molecule has 0 radical (unpaired) electrons. The predicted molar refractivity (Wildman–Crippen MR) is 378 cm³/mol. The fraction of sp³-hybridized carbons (Fsp3) is 0.333. The summed E-state index contributed by atoms with van der Waals surface area (Å²) in [7, 11) is 0. The number of thiocarbonyl (C=S) groups is 2. The average Bonchev–Trinajstić information content (AvgIpc) is 3.77. The molecule has 8 aromatic heterocycles. The van der Waals surface area contributed by atoms with Gasteiger partial charge in [0.2, 0.25) is 0 Å². The highest BCUT2D eigenvalue weighted by Gasteiger charge is 2.33. The molecule has 2 saturated heterocycles. The molecule has 0 N–H and O–H groups in total. The number of amides is 2. The first-order chi connectivity index (χ1) is 40.1. The van der Waals surface area contributed by atoms with Crippen LogP contribution in [0.5, 0.6) is 11.5 Å². The Balaban J connectivity index is 0.812. The van der Waals surface area contributed by atoms with Gasteiger partial charge in [0.05, 0.1) is 42.2 Å². The van der Waals surface area contributed by atoms with Gasteiger partial charge in [0.25, 0.3) is 11.8 Å². The van der Waals surface area contributed by atoms with Gasteiger partial charge in [-0.15, -0.1) is 90.7 Å². The number of ether oxygens (including phenoxy) is 2. The number of hydrogen-bond acceptors (Lipinski definition) is 20. The second kappa shape index (κ2) is 28.5. The SMILES string of the molecule is CCCCCCCN1C(=O)/C(=C/c2cnc(-c3ccc(-c4ccc(-c5cc6c(OCCSC)c7sc(-c8ccc(-c9ccc(-c%10ncc(/C=C%11\SC(=S)N(CCCCCCC)C%11=O)s%10)s9)s8)cc7c(OCCSC)c6s5)s4)s3)s2)SC1=S. The van der Waals surface area contributed by atoms with Gasteiger partial charge >= 0.3 is 0 Å². The van der Waals surface area contributed by atoms with Crippen LogP contribution in [0.25, 0.3) is 91.1 Å². The van der Waals surface area contributed by atoms with Crippen LogP contribution >= 0.6 is 162 Å². The second-order valence-electron chi connectivity index (χ2n) is 19.3. The molecule has 82 heavy (non-hydrogen) atoms. The van der Waals surface area contributed by atoms with Gasteiger partial charge in [0.1, 0.15) is 30.2 Å². The summed E-state index contributed by atoms with van der Waals surface area (Å²) in [6, 6.07) is 22.3. The van der Waals surface area contributed by atoms with E-state index in [9.17, 15) is 9.59 Å². The molecule has 1 aromatic carbocycles. The summed E-state index contributed by atoms with van der Waals surface area (Å²) < 4.78 is 17.2. The summed E-state index contributed by atoms with van der Waals surface area (Å²) in [5.41, 5.74) is 0. The number of thioether (sulfide) groups is 4. The molecule has 0 unspecified atom stereocenters. The lowest BCUT2D eigenvalue weighted by atomic mass is 10.1. The number of nitrogens with zero attached hydrogens (tertiary/aromatic N) is 4. The lowest BCUT2D eigenvalue weighted by molar-refractivity contribution is -0.123. The molecular formula is C60H58N4O4S14. The first-order valence-electron chi connectivity index (χ1n) is 27.2. The summed E-state index contributed by atoms with van der Waals surface area (Å²) in [6.45, 7) is 7.00. The number of thiazole rings is 2. The molecule has 11 rings (SSSR count). The number of benzene rings is 1. The van der Waals surface area contributed by atoms with Crippen LogP contribution in [0.1, 0.15) is 87.8 Å². The maximum Gasteiger partial charge on any atom is 0.266 e. The van der Waals surface area contributed by atoms with Crippen molar-refractivity contribution in [3.8, 4) is 70.3 Å². The molecule has 2 aliphatic heterocycles. The number of thiophene rings is 6. The van der Waals surface area contributed by atoms with Crippen molar-refractivity contribution in [3.05, 3.63) is 92.6 Å². The van der Waals surface area contributed by atoms with Gasteiger partial charge < -0.3 is 9.47 Å². The number of rotatable bonds is 28. The van der Waals surface area contributed by atoms with E-state index in [4.69, 9.17) is 43.9 Å². The smallest absolute Gasteiger partial charge is 0.266 e. The van der Waals surface area contributed by atoms with Crippen LogP contribution in [0.4, 0.5) is 0 Å². The monoisotopic (exact) mass is 1350 g/mol. The van der Waals surface area contributed by atoms with E-state index in [1.54, 1.807) is 124 Å². The van der Waals surface area contributed by atoms with Crippen molar-refractivity contribution in [3.63, 3.8) is 0 Å². The van der Waals surface area contributed by atoms with Crippen LogP contribution in [0, 0.1) is 0 Å². The van der Waals surface area contributed by atoms with Crippen LogP contribution in [-0.4, -0.2) is 90.5 Å². The number of carbonyl (C=O) groups is 2. The maximum atomic E-state index is 13.3. The zero-order valence-corrected chi connectivity index (χ0v) is 57.0. The Morgan fingerprint density at radius 2 is 0.854 bits per heavy atom. The molecule has 2 aliphatic rings. The molecule has 2 fully saturated rings. The van der Waals surface area contributed by atoms with E-state index in [-0.39, 0.29) is 11.8 Å². The molecule has 426 valence electrons. The van der Waals surface area contributed by atoms with Crippen LogP contribution in [-0.2, 0) is 9.59 Å². The van der Waals surface area contributed by atoms with Gasteiger partial charge in [0.15, 0.2) is 0 Å².